The van der Waals surface area contributed by atoms with Crippen molar-refractivity contribution >= 4 is 5.97 Å². The van der Waals surface area contributed by atoms with Crippen molar-refractivity contribution < 1.29 is 46.4 Å². The summed E-state index contributed by atoms with van der Waals surface area (Å²) < 4.78 is 79.1. The van der Waals surface area contributed by atoms with Gasteiger partial charge in [-0.3, -0.25) is 0 Å². The van der Waals surface area contributed by atoms with E-state index in [1.165, 1.54) is 18.0 Å². The Hall–Kier alpha value is -3.52. The summed E-state index contributed by atoms with van der Waals surface area (Å²) in [7, 11) is 1.49. The van der Waals surface area contributed by atoms with E-state index >= 15 is 0 Å². The summed E-state index contributed by atoms with van der Waals surface area (Å²) in [6, 6.07) is 7.30. The van der Waals surface area contributed by atoms with Gasteiger partial charge in [0.1, 0.15) is 29.7 Å². The number of benzene rings is 2. The molecule has 3 fully saturated rings. The number of nitrogens with zero attached hydrogens (tertiary/aromatic N) is 3. The summed E-state index contributed by atoms with van der Waals surface area (Å²) >= 11 is 0. The molecule has 3 aliphatic rings. The Labute approximate surface area is 233 Å². The van der Waals surface area contributed by atoms with Crippen LogP contribution >= 0.6 is 0 Å². The van der Waals surface area contributed by atoms with Gasteiger partial charge in [-0.15, -0.1) is 5.10 Å². The molecule has 0 bridgehead atoms. The van der Waals surface area contributed by atoms with Crippen LogP contribution in [0.5, 0.6) is 5.75 Å². The van der Waals surface area contributed by atoms with Crippen LogP contribution in [-0.4, -0.2) is 71.2 Å². The molecule has 0 amide bonds. The van der Waals surface area contributed by atoms with Gasteiger partial charge in [-0.1, -0.05) is 11.3 Å². The molecule has 4 heterocycles. The van der Waals surface area contributed by atoms with Crippen molar-refractivity contribution in [2.45, 2.75) is 62.6 Å². The third kappa shape index (κ3) is 5.07. The van der Waals surface area contributed by atoms with Gasteiger partial charge in [0.05, 0.1) is 32.1 Å². The topological polar surface area (TPSA) is 103 Å². The normalized spacial score (nSPS) is 28.8. The first kappa shape index (κ1) is 27.6. The zero-order valence-corrected chi connectivity index (χ0v) is 22.5. The molecule has 0 N–H and O–H groups in total. The standard InChI is InChI=1S/C28H28F3N3O7/c1-27(2)38-14-21-24(41-27)23(34-13-20(32-33-34)16-11-18(29)22(31)19(30)12-16)25(28(40-21)8-5-9-37-28)39-26(35)15-6-4-7-17(10-15)36-3/h4,6-7,10-13,21,23-25H,5,8-9,14H2,1-3H3/t21-,23+,24+,25-,28+/m1/s1. The Morgan fingerprint density at radius 2 is 1.88 bits per heavy atom. The van der Waals surface area contributed by atoms with Crippen LogP contribution < -0.4 is 4.74 Å². The minimum atomic E-state index is -1.59. The molecule has 41 heavy (non-hydrogen) atoms. The summed E-state index contributed by atoms with van der Waals surface area (Å²) in [4.78, 5) is 13.5. The number of carbonyl (C=O) groups is 1. The van der Waals surface area contributed by atoms with E-state index in [0.29, 0.717) is 25.2 Å². The van der Waals surface area contributed by atoms with Crippen LogP contribution in [0.2, 0.25) is 0 Å². The number of halogens is 3. The van der Waals surface area contributed by atoms with Crippen molar-refractivity contribution in [3.05, 3.63) is 65.6 Å². The molecule has 0 aliphatic carbocycles. The molecule has 1 aromatic heterocycles. The lowest BCUT2D eigenvalue weighted by atomic mass is 9.87. The lowest BCUT2D eigenvalue weighted by Crippen LogP contribution is -2.67. The monoisotopic (exact) mass is 575 g/mol. The lowest BCUT2D eigenvalue weighted by Gasteiger charge is -2.53. The number of esters is 1. The fourth-order valence-electron chi connectivity index (χ4n) is 5.56. The van der Waals surface area contributed by atoms with Crippen LogP contribution in [0.25, 0.3) is 11.3 Å². The number of rotatable bonds is 5. The summed E-state index contributed by atoms with van der Waals surface area (Å²) in [6.45, 7) is 4.00. The molecule has 218 valence electrons. The Morgan fingerprint density at radius 1 is 1.10 bits per heavy atom. The second-order valence-corrected chi connectivity index (χ2v) is 10.6. The smallest absolute Gasteiger partial charge is 0.338 e. The zero-order valence-electron chi connectivity index (χ0n) is 22.5. The highest BCUT2D eigenvalue weighted by molar-refractivity contribution is 5.90. The molecule has 1 spiro atoms. The molecule has 2 aromatic carbocycles. The van der Waals surface area contributed by atoms with Gasteiger partial charge in [-0.2, -0.15) is 0 Å². The average Bonchev–Trinajstić information content (AvgIpc) is 3.63. The predicted molar refractivity (Wildman–Crippen MR) is 134 cm³/mol. The van der Waals surface area contributed by atoms with Crippen molar-refractivity contribution in [1.82, 2.24) is 15.0 Å². The Bertz CT molecular complexity index is 1440. The molecule has 10 nitrogen and oxygen atoms in total. The van der Waals surface area contributed by atoms with Gasteiger partial charge in [-0.05, 0) is 50.6 Å². The minimum Gasteiger partial charge on any atom is -0.497 e. The maximum absolute atomic E-state index is 14.0. The Kier molecular flexibility index (Phi) is 7.00. The van der Waals surface area contributed by atoms with Crippen LogP contribution in [-0.2, 0) is 23.7 Å². The first-order valence-corrected chi connectivity index (χ1v) is 13.1. The van der Waals surface area contributed by atoms with E-state index < -0.39 is 59.3 Å². The van der Waals surface area contributed by atoms with E-state index in [1.54, 1.807) is 38.1 Å². The van der Waals surface area contributed by atoms with Gasteiger partial charge >= 0.3 is 5.97 Å². The highest BCUT2D eigenvalue weighted by Crippen LogP contribution is 2.48. The van der Waals surface area contributed by atoms with E-state index in [1.807, 2.05) is 0 Å². The molecule has 3 aromatic rings. The highest BCUT2D eigenvalue weighted by Gasteiger charge is 2.62. The Balaban J connectivity index is 1.43. The van der Waals surface area contributed by atoms with Gasteiger partial charge in [0.2, 0.25) is 5.79 Å². The van der Waals surface area contributed by atoms with Crippen molar-refractivity contribution in [1.29, 1.82) is 0 Å². The second-order valence-electron chi connectivity index (χ2n) is 10.6. The van der Waals surface area contributed by atoms with Crippen LogP contribution in [0.3, 0.4) is 0 Å². The van der Waals surface area contributed by atoms with Gasteiger partial charge in [0, 0.05) is 12.0 Å². The van der Waals surface area contributed by atoms with Crippen molar-refractivity contribution in [3.63, 3.8) is 0 Å². The number of hydrogen-bond donors (Lipinski definition) is 0. The molecule has 0 saturated carbocycles. The largest absolute Gasteiger partial charge is 0.497 e. The molecule has 3 aliphatic heterocycles. The van der Waals surface area contributed by atoms with Crippen LogP contribution in [0.1, 0.15) is 43.1 Å². The summed E-state index contributed by atoms with van der Waals surface area (Å²) in [5.74, 6) is -6.87. The Morgan fingerprint density at radius 3 is 2.59 bits per heavy atom. The van der Waals surface area contributed by atoms with Gasteiger partial charge < -0.3 is 28.4 Å². The number of ether oxygens (including phenoxy) is 6. The van der Waals surface area contributed by atoms with E-state index in [9.17, 15) is 18.0 Å². The maximum Gasteiger partial charge on any atom is 0.338 e. The van der Waals surface area contributed by atoms with Gasteiger partial charge in [0.15, 0.2) is 29.3 Å². The molecule has 0 unspecified atom stereocenters. The fraction of sp³-hybridized carbons (Fsp3) is 0.464. The molecular weight excluding hydrogens is 547 g/mol. The van der Waals surface area contributed by atoms with E-state index in [4.69, 9.17) is 28.4 Å². The van der Waals surface area contributed by atoms with Crippen LogP contribution in [0.15, 0.2) is 42.6 Å². The van der Waals surface area contributed by atoms with Gasteiger partial charge in [0.25, 0.3) is 0 Å². The van der Waals surface area contributed by atoms with Gasteiger partial charge in [-0.25, -0.2) is 22.6 Å². The minimum absolute atomic E-state index is 0.0266. The van der Waals surface area contributed by atoms with Crippen LogP contribution in [0, 0.1) is 17.5 Å². The average molecular weight is 576 g/mol. The van der Waals surface area contributed by atoms with Crippen molar-refractivity contribution in [2.24, 2.45) is 0 Å². The number of carbonyl (C=O) groups excluding carboxylic acids is 1. The van der Waals surface area contributed by atoms with Crippen LogP contribution in [0.4, 0.5) is 13.2 Å². The molecule has 3 saturated heterocycles. The van der Waals surface area contributed by atoms with Crippen molar-refractivity contribution in [2.75, 3.05) is 20.3 Å². The first-order valence-electron chi connectivity index (χ1n) is 13.1. The molecular formula is C28H28F3N3O7. The maximum atomic E-state index is 14.0. The third-order valence-corrected chi connectivity index (χ3v) is 7.46. The SMILES string of the molecule is COc1cccc(C(=O)O[C@@H]2[C@@H](n3cc(-c4cc(F)c(F)c(F)c4)nn3)[C@H]3OC(C)(C)OC[C@H]3O[C@@]23CCCO3)c1. The number of fused-ring (bicyclic) bond motifs is 1. The summed E-state index contributed by atoms with van der Waals surface area (Å²) in [5.41, 5.74) is 0.279. The van der Waals surface area contributed by atoms with E-state index in [-0.39, 0.29) is 23.4 Å². The second kappa shape index (κ2) is 10.4. The predicted octanol–water partition coefficient (Wildman–Crippen LogP) is 4.19. The zero-order chi connectivity index (χ0) is 28.9. The number of aromatic nitrogens is 3. The molecule has 0 radical (unpaired) electrons. The molecule has 13 heteroatoms. The number of hydrogen-bond acceptors (Lipinski definition) is 9. The first-order chi connectivity index (χ1) is 19.6. The molecule has 5 atom stereocenters. The quantitative estimate of drug-likeness (QED) is 0.327. The lowest BCUT2D eigenvalue weighted by molar-refractivity contribution is -0.398. The summed E-state index contributed by atoms with van der Waals surface area (Å²) in [6.07, 6.45) is -0.00194. The van der Waals surface area contributed by atoms with Crippen molar-refractivity contribution in [3.8, 4) is 17.0 Å². The summed E-state index contributed by atoms with van der Waals surface area (Å²) in [5, 5.41) is 8.32. The highest BCUT2D eigenvalue weighted by atomic mass is 19.2. The number of methoxy groups -OCH3 is 1. The van der Waals surface area contributed by atoms with E-state index in [2.05, 4.69) is 10.3 Å². The fourth-order valence-corrected chi connectivity index (χ4v) is 5.56. The van der Waals surface area contributed by atoms with E-state index in [0.717, 1.165) is 12.1 Å². The molecule has 6 rings (SSSR count). The third-order valence-electron chi connectivity index (χ3n) is 7.46.